The Balaban J connectivity index is 1.88. The number of halogens is 1. The summed E-state index contributed by atoms with van der Waals surface area (Å²) in [5, 5.41) is 3.64. The van der Waals surface area contributed by atoms with E-state index in [0.717, 1.165) is 24.9 Å². The number of rotatable bonds is 8. The SMILES string of the molecule is CCC(C)CC(CNC1CC1)Cc1ccc(F)cc1. The highest BCUT2D eigenvalue weighted by molar-refractivity contribution is 5.16. The van der Waals surface area contributed by atoms with Crippen LogP contribution in [0, 0.1) is 17.7 Å². The fourth-order valence-corrected chi connectivity index (χ4v) is 2.55. The summed E-state index contributed by atoms with van der Waals surface area (Å²) in [4.78, 5) is 0. The number of benzene rings is 1. The molecule has 0 heterocycles. The van der Waals surface area contributed by atoms with Gasteiger partial charge in [-0.25, -0.2) is 4.39 Å². The van der Waals surface area contributed by atoms with Crippen LogP contribution in [-0.4, -0.2) is 12.6 Å². The van der Waals surface area contributed by atoms with E-state index in [-0.39, 0.29) is 5.82 Å². The van der Waals surface area contributed by atoms with E-state index in [1.807, 2.05) is 12.1 Å². The molecule has 1 saturated carbocycles. The van der Waals surface area contributed by atoms with Crippen molar-refractivity contribution in [2.24, 2.45) is 11.8 Å². The summed E-state index contributed by atoms with van der Waals surface area (Å²) in [5.41, 5.74) is 1.26. The third kappa shape index (κ3) is 5.32. The Morgan fingerprint density at radius 1 is 1.26 bits per heavy atom. The lowest BCUT2D eigenvalue weighted by Crippen LogP contribution is -2.27. The number of hydrogen-bond acceptors (Lipinski definition) is 1. The summed E-state index contributed by atoms with van der Waals surface area (Å²) >= 11 is 0. The lowest BCUT2D eigenvalue weighted by atomic mass is 9.89. The largest absolute Gasteiger partial charge is 0.314 e. The van der Waals surface area contributed by atoms with Crippen LogP contribution in [0.2, 0.25) is 0 Å². The number of hydrogen-bond donors (Lipinski definition) is 1. The molecule has 0 amide bonds. The highest BCUT2D eigenvalue weighted by Crippen LogP contribution is 2.23. The van der Waals surface area contributed by atoms with E-state index in [4.69, 9.17) is 0 Å². The molecule has 0 aromatic heterocycles. The first-order chi connectivity index (χ1) is 9.17. The smallest absolute Gasteiger partial charge is 0.123 e. The standard InChI is InChI=1S/C17H26FN/c1-3-13(2)10-15(12-19-17-8-9-17)11-14-4-6-16(18)7-5-14/h4-7,13,15,17,19H,3,8-12H2,1-2H3. The van der Waals surface area contributed by atoms with Crippen LogP contribution in [0.1, 0.15) is 45.1 Å². The van der Waals surface area contributed by atoms with E-state index in [0.29, 0.717) is 5.92 Å². The van der Waals surface area contributed by atoms with E-state index >= 15 is 0 Å². The van der Waals surface area contributed by atoms with Crippen LogP contribution < -0.4 is 5.32 Å². The van der Waals surface area contributed by atoms with Crippen LogP contribution in [0.25, 0.3) is 0 Å². The highest BCUT2D eigenvalue weighted by atomic mass is 19.1. The minimum atomic E-state index is -0.140. The second kappa shape index (κ2) is 7.04. The lowest BCUT2D eigenvalue weighted by molar-refractivity contribution is 0.362. The number of nitrogens with one attached hydrogen (secondary N) is 1. The van der Waals surface area contributed by atoms with E-state index in [2.05, 4.69) is 19.2 Å². The van der Waals surface area contributed by atoms with Gasteiger partial charge in [-0.05, 0) is 61.8 Å². The molecule has 2 unspecified atom stereocenters. The van der Waals surface area contributed by atoms with Gasteiger partial charge in [0.25, 0.3) is 0 Å². The fraction of sp³-hybridized carbons (Fsp3) is 0.647. The molecule has 1 aromatic carbocycles. The van der Waals surface area contributed by atoms with E-state index in [9.17, 15) is 4.39 Å². The highest BCUT2D eigenvalue weighted by Gasteiger charge is 2.22. The van der Waals surface area contributed by atoms with Crippen LogP contribution in [-0.2, 0) is 6.42 Å². The Morgan fingerprint density at radius 3 is 2.53 bits per heavy atom. The van der Waals surface area contributed by atoms with E-state index in [1.54, 1.807) is 12.1 Å². The summed E-state index contributed by atoms with van der Waals surface area (Å²) in [6, 6.07) is 7.77. The van der Waals surface area contributed by atoms with Crippen LogP contribution in [0.15, 0.2) is 24.3 Å². The van der Waals surface area contributed by atoms with Gasteiger partial charge in [-0.1, -0.05) is 32.4 Å². The van der Waals surface area contributed by atoms with Crippen molar-refractivity contribution >= 4 is 0 Å². The zero-order valence-electron chi connectivity index (χ0n) is 12.2. The van der Waals surface area contributed by atoms with Gasteiger partial charge in [0.1, 0.15) is 5.82 Å². The second-order valence-electron chi connectivity index (χ2n) is 6.13. The first kappa shape index (κ1) is 14.5. The topological polar surface area (TPSA) is 12.0 Å². The van der Waals surface area contributed by atoms with Crippen molar-refractivity contribution in [1.82, 2.24) is 5.32 Å². The van der Waals surface area contributed by atoms with Gasteiger partial charge < -0.3 is 5.32 Å². The van der Waals surface area contributed by atoms with Gasteiger partial charge in [0, 0.05) is 6.04 Å². The molecule has 1 nitrogen and oxygen atoms in total. The molecule has 2 heteroatoms. The predicted octanol–water partition coefficient (Wildman–Crippen LogP) is 4.17. The average Bonchev–Trinajstić information content (AvgIpc) is 3.22. The normalized spacial score (nSPS) is 18.3. The fourth-order valence-electron chi connectivity index (χ4n) is 2.55. The molecule has 2 rings (SSSR count). The summed E-state index contributed by atoms with van der Waals surface area (Å²) in [6.45, 7) is 5.69. The minimum Gasteiger partial charge on any atom is -0.314 e. The molecule has 1 fully saturated rings. The average molecular weight is 263 g/mol. The zero-order valence-corrected chi connectivity index (χ0v) is 12.2. The monoisotopic (exact) mass is 263 g/mol. The molecule has 1 aliphatic carbocycles. The molecule has 2 atom stereocenters. The summed E-state index contributed by atoms with van der Waals surface area (Å²) in [7, 11) is 0. The van der Waals surface area contributed by atoms with E-state index in [1.165, 1.54) is 31.2 Å². The van der Waals surface area contributed by atoms with Gasteiger partial charge in [0.15, 0.2) is 0 Å². The summed E-state index contributed by atoms with van der Waals surface area (Å²) < 4.78 is 12.9. The molecule has 0 spiro atoms. The first-order valence-corrected chi connectivity index (χ1v) is 7.65. The molecule has 0 radical (unpaired) electrons. The molecule has 0 aliphatic heterocycles. The van der Waals surface area contributed by atoms with Gasteiger partial charge in [-0.2, -0.15) is 0 Å². The molecular weight excluding hydrogens is 237 g/mol. The third-order valence-electron chi connectivity index (χ3n) is 4.14. The lowest BCUT2D eigenvalue weighted by Gasteiger charge is -2.21. The summed E-state index contributed by atoms with van der Waals surface area (Å²) in [5.74, 6) is 1.30. The molecule has 1 N–H and O–H groups in total. The molecule has 1 aromatic rings. The van der Waals surface area contributed by atoms with Crippen LogP contribution >= 0.6 is 0 Å². The third-order valence-corrected chi connectivity index (χ3v) is 4.14. The van der Waals surface area contributed by atoms with Crippen molar-refractivity contribution in [2.75, 3.05) is 6.54 Å². The van der Waals surface area contributed by atoms with Gasteiger partial charge >= 0.3 is 0 Å². The maximum absolute atomic E-state index is 12.9. The van der Waals surface area contributed by atoms with Crippen LogP contribution in [0.5, 0.6) is 0 Å². The molecule has 106 valence electrons. The molecule has 19 heavy (non-hydrogen) atoms. The van der Waals surface area contributed by atoms with Crippen molar-refractivity contribution in [3.63, 3.8) is 0 Å². The van der Waals surface area contributed by atoms with Crippen molar-refractivity contribution < 1.29 is 4.39 Å². The quantitative estimate of drug-likeness (QED) is 0.742. The molecular formula is C17H26FN. The van der Waals surface area contributed by atoms with Crippen molar-refractivity contribution in [2.45, 2.75) is 52.0 Å². The molecule has 0 saturated heterocycles. The maximum Gasteiger partial charge on any atom is 0.123 e. The molecule has 0 bridgehead atoms. The van der Waals surface area contributed by atoms with Gasteiger partial charge in [-0.3, -0.25) is 0 Å². The predicted molar refractivity (Wildman–Crippen MR) is 78.7 cm³/mol. The van der Waals surface area contributed by atoms with Gasteiger partial charge in [0.2, 0.25) is 0 Å². The Labute approximate surface area is 116 Å². The Morgan fingerprint density at radius 2 is 1.95 bits per heavy atom. The van der Waals surface area contributed by atoms with Crippen molar-refractivity contribution in [3.8, 4) is 0 Å². The first-order valence-electron chi connectivity index (χ1n) is 7.65. The Hall–Kier alpha value is -0.890. The van der Waals surface area contributed by atoms with Crippen molar-refractivity contribution in [3.05, 3.63) is 35.6 Å². The Kier molecular flexibility index (Phi) is 5.38. The van der Waals surface area contributed by atoms with Crippen LogP contribution in [0.3, 0.4) is 0 Å². The second-order valence-corrected chi connectivity index (χ2v) is 6.13. The summed E-state index contributed by atoms with van der Waals surface area (Å²) in [6.07, 6.45) is 6.24. The van der Waals surface area contributed by atoms with Crippen molar-refractivity contribution in [1.29, 1.82) is 0 Å². The van der Waals surface area contributed by atoms with Crippen LogP contribution in [0.4, 0.5) is 4.39 Å². The van der Waals surface area contributed by atoms with Gasteiger partial charge in [-0.15, -0.1) is 0 Å². The molecule has 1 aliphatic rings. The van der Waals surface area contributed by atoms with Gasteiger partial charge in [0.05, 0.1) is 0 Å². The van der Waals surface area contributed by atoms with E-state index < -0.39 is 0 Å². The minimum absolute atomic E-state index is 0.140. The maximum atomic E-state index is 12.9. The Bertz CT molecular complexity index is 369. The zero-order chi connectivity index (χ0) is 13.7.